The van der Waals surface area contributed by atoms with Crippen LogP contribution in [0.5, 0.6) is 0 Å². The summed E-state index contributed by atoms with van der Waals surface area (Å²) in [6.07, 6.45) is 0.540. The van der Waals surface area contributed by atoms with Crippen LogP contribution in [-0.2, 0) is 26.0 Å². The first-order valence-corrected chi connectivity index (χ1v) is 8.24. The Morgan fingerprint density at radius 1 is 1.52 bits per heavy atom. The molecule has 0 aliphatic carbocycles. The number of hydrogen-bond donors (Lipinski definition) is 3. The summed E-state index contributed by atoms with van der Waals surface area (Å²) < 4.78 is 28.4. The van der Waals surface area contributed by atoms with Crippen LogP contribution in [-0.4, -0.2) is 40.1 Å². The molecule has 0 bridgehead atoms. The van der Waals surface area contributed by atoms with Crippen molar-refractivity contribution < 1.29 is 17.9 Å². The Kier molecular flexibility index (Phi) is 4.94. The van der Waals surface area contributed by atoms with E-state index in [1.165, 1.54) is 6.07 Å². The van der Waals surface area contributed by atoms with Gasteiger partial charge in [0.2, 0.25) is 15.9 Å². The largest absolute Gasteiger partial charge is 0.378 e. The van der Waals surface area contributed by atoms with Crippen molar-refractivity contribution in [1.82, 2.24) is 5.32 Å². The van der Waals surface area contributed by atoms with Crippen LogP contribution in [0.25, 0.3) is 0 Å². The van der Waals surface area contributed by atoms with Crippen molar-refractivity contribution in [2.45, 2.75) is 24.3 Å². The molecule has 1 aliphatic rings. The molecule has 8 heteroatoms. The minimum atomic E-state index is -3.82. The second-order valence-corrected chi connectivity index (χ2v) is 6.32. The Labute approximate surface area is 123 Å². The fourth-order valence-corrected chi connectivity index (χ4v) is 3.02. The van der Waals surface area contributed by atoms with Crippen LogP contribution in [0.4, 0.5) is 5.69 Å². The van der Waals surface area contributed by atoms with Gasteiger partial charge in [0.15, 0.2) is 0 Å². The molecule has 1 amide bonds. The molecular formula is C13H19N3O4S. The molecule has 1 atom stereocenters. The fraction of sp³-hybridized carbons (Fsp3) is 0.462. The maximum atomic E-state index is 12.0. The number of carbonyl (C=O) groups is 1. The number of aryl methyl sites for hydroxylation is 1. The number of morpholine rings is 1. The van der Waals surface area contributed by atoms with Gasteiger partial charge in [-0.2, -0.15) is 0 Å². The normalized spacial score (nSPS) is 19.2. The molecule has 1 aromatic carbocycles. The molecule has 0 radical (unpaired) electrons. The third-order valence-electron chi connectivity index (χ3n) is 3.26. The van der Waals surface area contributed by atoms with Crippen LogP contribution in [0.15, 0.2) is 23.1 Å². The highest BCUT2D eigenvalue weighted by atomic mass is 32.2. The maximum Gasteiger partial charge on any atom is 0.243 e. The SMILES string of the molecule is CCc1ccc(NC(=O)C2COCCN2)cc1S(N)(=O)=O. The molecule has 1 fully saturated rings. The average molecular weight is 313 g/mol. The van der Waals surface area contributed by atoms with Crippen LogP contribution < -0.4 is 15.8 Å². The van der Waals surface area contributed by atoms with E-state index in [4.69, 9.17) is 9.88 Å². The standard InChI is InChI=1S/C13H19N3O4S/c1-2-9-3-4-10(7-12(9)21(14,18)19)16-13(17)11-8-20-6-5-15-11/h3-4,7,11,15H,2,5-6,8H2,1H3,(H,16,17)(H2,14,18,19). The van der Waals surface area contributed by atoms with Crippen LogP contribution in [0.3, 0.4) is 0 Å². The molecule has 21 heavy (non-hydrogen) atoms. The number of hydrogen-bond acceptors (Lipinski definition) is 5. The molecule has 1 unspecified atom stereocenters. The van der Waals surface area contributed by atoms with E-state index in [1.54, 1.807) is 12.1 Å². The lowest BCUT2D eigenvalue weighted by Gasteiger charge is -2.23. The Balaban J connectivity index is 2.19. The van der Waals surface area contributed by atoms with Gasteiger partial charge >= 0.3 is 0 Å². The average Bonchev–Trinajstić information content (AvgIpc) is 2.47. The van der Waals surface area contributed by atoms with Gasteiger partial charge in [-0.1, -0.05) is 13.0 Å². The van der Waals surface area contributed by atoms with E-state index in [-0.39, 0.29) is 10.8 Å². The predicted octanol–water partition coefficient (Wildman–Crippen LogP) is -0.177. The molecule has 0 saturated carbocycles. The molecule has 7 nitrogen and oxygen atoms in total. The van der Waals surface area contributed by atoms with Gasteiger partial charge in [0.05, 0.1) is 18.1 Å². The Morgan fingerprint density at radius 2 is 2.29 bits per heavy atom. The number of nitrogens with one attached hydrogen (secondary N) is 2. The van der Waals surface area contributed by atoms with Gasteiger partial charge in [-0.25, -0.2) is 13.6 Å². The van der Waals surface area contributed by atoms with Crippen LogP contribution in [0, 0.1) is 0 Å². The third-order valence-corrected chi connectivity index (χ3v) is 4.25. The van der Waals surface area contributed by atoms with E-state index in [2.05, 4.69) is 10.6 Å². The zero-order valence-electron chi connectivity index (χ0n) is 11.8. The molecule has 0 aromatic heterocycles. The number of amides is 1. The number of carbonyl (C=O) groups excluding carboxylic acids is 1. The lowest BCUT2D eigenvalue weighted by Crippen LogP contribution is -2.48. The number of benzene rings is 1. The fourth-order valence-electron chi connectivity index (χ4n) is 2.15. The van der Waals surface area contributed by atoms with Crippen LogP contribution in [0.2, 0.25) is 0 Å². The monoisotopic (exact) mass is 313 g/mol. The zero-order chi connectivity index (χ0) is 15.5. The number of rotatable bonds is 4. The van der Waals surface area contributed by atoms with E-state index >= 15 is 0 Å². The summed E-state index contributed by atoms with van der Waals surface area (Å²) in [5.74, 6) is -0.265. The van der Waals surface area contributed by atoms with Crippen molar-refractivity contribution in [1.29, 1.82) is 0 Å². The Bertz CT molecular complexity index is 624. The lowest BCUT2D eigenvalue weighted by molar-refractivity contribution is -0.120. The van der Waals surface area contributed by atoms with Crippen LogP contribution >= 0.6 is 0 Å². The van der Waals surface area contributed by atoms with E-state index in [1.807, 2.05) is 6.92 Å². The smallest absolute Gasteiger partial charge is 0.243 e. The summed E-state index contributed by atoms with van der Waals surface area (Å²) >= 11 is 0. The molecule has 4 N–H and O–H groups in total. The molecular weight excluding hydrogens is 294 g/mol. The summed E-state index contributed by atoms with van der Waals surface area (Å²) in [5.41, 5.74) is 1.02. The minimum Gasteiger partial charge on any atom is -0.378 e. The first-order valence-electron chi connectivity index (χ1n) is 6.69. The van der Waals surface area contributed by atoms with Gasteiger partial charge < -0.3 is 15.4 Å². The summed E-state index contributed by atoms with van der Waals surface area (Å²) in [7, 11) is -3.82. The molecule has 116 valence electrons. The summed E-state index contributed by atoms with van der Waals surface area (Å²) in [6.45, 7) is 3.31. The van der Waals surface area contributed by atoms with Crippen molar-refractivity contribution in [2.75, 3.05) is 25.1 Å². The van der Waals surface area contributed by atoms with E-state index in [0.29, 0.717) is 37.4 Å². The van der Waals surface area contributed by atoms with Crippen molar-refractivity contribution in [3.63, 3.8) is 0 Å². The Morgan fingerprint density at radius 3 is 2.86 bits per heavy atom. The van der Waals surface area contributed by atoms with E-state index in [0.717, 1.165) is 0 Å². The number of anilines is 1. The number of primary sulfonamides is 1. The first-order chi connectivity index (χ1) is 9.91. The van der Waals surface area contributed by atoms with Crippen molar-refractivity contribution in [2.24, 2.45) is 5.14 Å². The number of sulfonamides is 1. The highest BCUT2D eigenvalue weighted by Gasteiger charge is 2.22. The highest BCUT2D eigenvalue weighted by molar-refractivity contribution is 7.89. The van der Waals surface area contributed by atoms with Gasteiger partial charge in [-0.05, 0) is 24.1 Å². The van der Waals surface area contributed by atoms with Gasteiger partial charge in [0, 0.05) is 12.2 Å². The zero-order valence-corrected chi connectivity index (χ0v) is 12.6. The van der Waals surface area contributed by atoms with Gasteiger partial charge in [-0.15, -0.1) is 0 Å². The van der Waals surface area contributed by atoms with Crippen molar-refractivity contribution >= 4 is 21.6 Å². The van der Waals surface area contributed by atoms with Gasteiger partial charge in [0.1, 0.15) is 6.04 Å². The van der Waals surface area contributed by atoms with Crippen molar-refractivity contribution in [3.05, 3.63) is 23.8 Å². The second-order valence-electron chi connectivity index (χ2n) is 4.79. The summed E-state index contributed by atoms with van der Waals surface area (Å²) in [6, 6.07) is 4.26. The Hall–Kier alpha value is -1.48. The lowest BCUT2D eigenvalue weighted by atomic mass is 10.1. The first kappa shape index (κ1) is 15.9. The predicted molar refractivity (Wildman–Crippen MR) is 78.4 cm³/mol. The van der Waals surface area contributed by atoms with Crippen LogP contribution in [0.1, 0.15) is 12.5 Å². The third kappa shape index (κ3) is 4.01. The molecule has 0 spiro atoms. The number of nitrogens with two attached hydrogens (primary N) is 1. The molecule has 1 aromatic rings. The van der Waals surface area contributed by atoms with E-state index < -0.39 is 16.1 Å². The van der Waals surface area contributed by atoms with E-state index in [9.17, 15) is 13.2 Å². The molecule has 1 aliphatic heterocycles. The second kappa shape index (κ2) is 6.52. The highest BCUT2D eigenvalue weighted by Crippen LogP contribution is 2.20. The maximum absolute atomic E-state index is 12.0. The summed E-state index contributed by atoms with van der Waals surface area (Å²) in [5, 5.41) is 10.9. The minimum absolute atomic E-state index is 0.0376. The quantitative estimate of drug-likeness (QED) is 0.714. The topological polar surface area (TPSA) is 111 Å². The van der Waals surface area contributed by atoms with Gasteiger partial charge in [0.25, 0.3) is 0 Å². The van der Waals surface area contributed by atoms with Crippen molar-refractivity contribution in [3.8, 4) is 0 Å². The molecule has 2 rings (SSSR count). The molecule has 1 heterocycles. The molecule has 1 saturated heterocycles. The summed E-state index contributed by atoms with van der Waals surface area (Å²) in [4.78, 5) is 12.1. The number of ether oxygens (including phenoxy) is 1. The van der Waals surface area contributed by atoms with Gasteiger partial charge in [-0.3, -0.25) is 4.79 Å².